The van der Waals surface area contributed by atoms with Crippen LogP contribution < -0.4 is 5.32 Å². The molecular weight excluding hydrogens is 218 g/mol. The molecule has 1 atom stereocenters. The topological polar surface area (TPSA) is 66.4 Å². The van der Waals surface area contributed by atoms with Crippen LogP contribution in [0.25, 0.3) is 0 Å². The smallest absolute Gasteiger partial charge is 0.330 e. The Labute approximate surface area is 101 Å². The lowest BCUT2D eigenvalue weighted by Crippen LogP contribution is -2.34. The first-order chi connectivity index (χ1) is 8.00. The fourth-order valence-electron chi connectivity index (χ4n) is 1.52. The van der Waals surface area contributed by atoms with Crippen LogP contribution in [0.3, 0.4) is 0 Å². The van der Waals surface area contributed by atoms with Gasteiger partial charge >= 0.3 is 5.97 Å². The Morgan fingerprint density at radius 2 is 1.82 bits per heavy atom. The summed E-state index contributed by atoms with van der Waals surface area (Å²) in [5.41, 5.74) is 0.581. The molecule has 0 bridgehead atoms. The van der Waals surface area contributed by atoms with E-state index in [-0.39, 0.29) is 11.8 Å². The molecule has 2 N–H and O–H groups in total. The average Bonchev–Trinajstić information content (AvgIpc) is 2.25. The van der Waals surface area contributed by atoms with E-state index in [1.807, 2.05) is 13.8 Å². The molecule has 0 aliphatic heterocycles. The molecule has 92 valence electrons. The fourth-order valence-corrected chi connectivity index (χ4v) is 1.52. The SMILES string of the molecule is CC(C)CC(=O)NC(C(=O)O)c1ccccc1. The summed E-state index contributed by atoms with van der Waals surface area (Å²) in [5.74, 6) is -1.08. The van der Waals surface area contributed by atoms with Crippen molar-refractivity contribution in [2.75, 3.05) is 0 Å². The lowest BCUT2D eigenvalue weighted by atomic mass is 10.1. The standard InChI is InChI=1S/C13H17NO3/c1-9(2)8-11(15)14-12(13(16)17)10-6-4-3-5-7-10/h3-7,9,12H,8H2,1-2H3,(H,14,15)(H,16,17). The van der Waals surface area contributed by atoms with Crippen LogP contribution in [0.4, 0.5) is 0 Å². The average molecular weight is 235 g/mol. The number of carbonyl (C=O) groups is 2. The van der Waals surface area contributed by atoms with Crippen molar-refractivity contribution in [2.45, 2.75) is 26.3 Å². The van der Waals surface area contributed by atoms with Crippen LogP contribution in [-0.2, 0) is 9.59 Å². The molecule has 0 fully saturated rings. The normalized spacial score (nSPS) is 12.2. The van der Waals surface area contributed by atoms with Crippen LogP contribution in [0, 0.1) is 5.92 Å². The van der Waals surface area contributed by atoms with Crippen molar-refractivity contribution in [3.63, 3.8) is 0 Å². The third-order valence-corrected chi connectivity index (χ3v) is 2.28. The summed E-state index contributed by atoms with van der Waals surface area (Å²) >= 11 is 0. The second-order valence-corrected chi connectivity index (χ2v) is 4.35. The van der Waals surface area contributed by atoms with Crippen molar-refractivity contribution < 1.29 is 14.7 Å². The van der Waals surface area contributed by atoms with E-state index in [0.29, 0.717) is 12.0 Å². The third-order valence-electron chi connectivity index (χ3n) is 2.28. The Hall–Kier alpha value is -1.84. The molecule has 0 saturated carbocycles. The third kappa shape index (κ3) is 4.26. The van der Waals surface area contributed by atoms with Gasteiger partial charge in [0.25, 0.3) is 0 Å². The quantitative estimate of drug-likeness (QED) is 0.820. The van der Waals surface area contributed by atoms with Crippen molar-refractivity contribution in [2.24, 2.45) is 5.92 Å². The van der Waals surface area contributed by atoms with Gasteiger partial charge in [-0.25, -0.2) is 4.79 Å². The molecule has 17 heavy (non-hydrogen) atoms. The van der Waals surface area contributed by atoms with Gasteiger partial charge in [0, 0.05) is 6.42 Å². The summed E-state index contributed by atoms with van der Waals surface area (Å²) in [5, 5.41) is 11.6. The summed E-state index contributed by atoms with van der Waals surface area (Å²) in [7, 11) is 0. The number of carboxylic acid groups (broad SMARTS) is 1. The highest BCUT2D eigenvalue weighted by Crippen LogP contribution is 2.13. The van der Waals surface area contributed by atoms with E-state index in [2.05, 4.69) is 5.32 Å². The zero-order chi connectivity index (χ0) is 12.8. The summed E-state index contributed by atoms with van der Waals surface area (Å²) in [6.45, 7) is 3.83. The van der Waals surface area contributed by atoms with Crippen molar-refractivity contribution in [1.29, 1.82) is 0 Å². The maximum absolute atomic E-state index is 11.6. The van der Waals surface area contributed by atoms with E-state index in [1.165, 1.54) is 0 Å². The Morgan fingerprint density at radius 1 is 1.24 bits per heavy atom. The summed E-state index contributed by atoms with van der Waals surface area (Å²) in [6.07, 6.45) is 0.330. The zero-order valence-electron chi connectivity index (χ0n) is 10.0. The molecule has 1 unspecified atom stereocenters. The minimum atomic E-state index is -1.05. The predicted octanol–water partition coefficient (Wildman–Crippen LogP) is 1.97. The number of hydrogen-bond donors (Lipinski definition) is 2. The molecule has 1 amide bonds. The number of carboxylic acids is 1. The van der Waals surface area contributed by atoms with Gasteiger partial charge in [-0.1, -0.05) is 44.2 Å². The fraction of sp³-hybridized carbons (Fsp3) is 0.385. The van der Waals surface area contributed by atoms with Gasteiger partial charge in [0.15, 0.2) is 6.04 Å². The molecule has 0 saturated heterocycles. The van der Waals surface area contributed by atoms with Gasteiger partial charge < -0.3 is 10.4 Å². The highest BCUT2D eigenvalue weighted by molar-refractivity contribution is 5.84. The minimum Gasteiger partial charge on any atom is -0.479 e. The largest absolute Gasteiger partial charge is 0.479 e. The van der Waals surface area contributed by atoms with E-state index < -0.39 is 12.0 Å². The zero-order valence-corrected chi connectivity index (χ0v) is 10.0. The first kappa shape index (κ1) is 13.2. The molecule has 1 aromatic carbocycles. The highest BCUT2D eigenvalue weighted by atomic mass is 16.4. The number of hydrogen-bond acceptors (Lipinski definition) is 2. The van der Waals surface area contributed by atoms with Crippen LogP contribution in [0.1, 0.15) is 31.9 Å². The van der Waals surface area contributed by atoms with E-state index in [1.54, 1.807) is 30.3 Å². The second-order valence-electron chi connectivity index (χ2n) is 4.35. The van der Waals surface area contributed by atoms with Crippen LogP contribution in [0.5, 0.6) is 0 Å². The summed E-state index contributed by atoms with van der Waals surface area (Å²) in [6, 6.07) is 7.71. The van der Waals surface area contributed by atoms with E-state index >= 15 is 0 Å². The molecule has 0 aliphatic rings. The number of aliphatic carboxylic acids is 1. The van der Waals surface area contributed by atoms with Crippen molar-refractivity contribution in [3.8, 4) is 0 Å². The van der Waals surface area contributed by atoms with Gasteiger partial charge in [-0.15, -0.1) is 0 Å². The Balaban J connectivity index is 2.75. The molecular formula is C13H17NO3. The highest BCUT2D eigenvalue weighted by Gasteiger charge is 2.21. The summed E-state index contributed by atoms with van der Waals surface area (Å²) in [4.78, 5) is 22.7. The van der Waals surface area contributed by atoms with Crippen LogP contribution in [-0.4, -0.2) is 17.0 Å². The molecule has 0 aliphatic carbocycles. The molecule has 1 rings (SSSR count). The lowest BCUT2D eigenvalue weighted by molar-refractivity contribution is -0.142. The van der Waals surface area contributed by atoms with Gasteiger partial charge in [-0.2, -0.15) is 0 Å². The van der Waals surface area contributed by atoms with E-state index in [9.17, 15) is 9.59 Å². The molecule has 4 heteroatoms. The number of nitrogens with one attached hydrogen (secondary N) is 1. The van der Waals surface area contributed by atoms with Gasteiger partial charge in [0.2, 0.25) is 5.91 Å². The first-order valence-electron chi connectivity index (χ1n) is 5.58. The number of rotatable bonds is 5. The van der Waals surface area contributed by atoms with Crippen LogP contribution in [0.2, 0.25) is 0 Å². The molecule has 0 aromatic heterocycles. The first-order valence-corrected chi connectivity index (χ1v) is 5.58. The molecule has 1 aromatic rings. The molecule has 4 nitrogen and oxygen atoms in total. The van der Waals surface area contributed by atoms with E-state index in [0.717, 1.165) is 0 Å². The number of carbonyl (C=O) groups excluding carboxylic acids is 1. The second kappa shape index (κ2) is 6.03. The molecule has 0 radical (unpaired) electrons. The van der Waals surface area contributed by atoms with Gasteiger partial charge in [0.05, 0.1) is 0 Å². The van der Waals surface area contributed by atoms with Crippen molar-refractivity contribution in [3.05, 3.63) is 35.9 Å². The Kier molecular flexibility index (Phi) is 4.69. The summed E-state index contributed by atoms with van der Waals surface area (Å²) < 4.78 is 0. The monoisotopic (exact) mass is 235 g/mol. The Bertz CT molecular complexity index is 387. The minimum absolute atomic E-state index is 0.209. The molecule has 0 heterocycles. The maximum Gasteiger partial charge on any atom is 0.330 e. The van der Waals surface area contributed by atoms with Crippen LogP contribution >= 0.6 is 0 Å². The van der Waals surface area contributed by atoms with Gasteiger partial charge in [-0.05, 0) is 11.5 Å². The van der Waals surface area contributed by atoms with Gasteiger partial charge in [-0.3, -0.25) is 4.79 Å². The molecule has 0 spiro atoms. The maximum atomic E-state index is 11.6. The van der Waals surface area contributed by atoms with E-state index in [4.69, 9.17) is 5.11 Å². The Morgan fingerprint density at radius 3 is 2.29 bits per heavy atom. The number of amides is 1. The van der Waals surface area contributed by atoms with Gasteiger partial charge in [0.1, 0.15) is 0 Å². The predicted molar refractivity (Wildman–Crippen MR) is 64.4 cm³/mol. The van der Waals surface area contributed by atoms with Crippen LogP contribution in [0.15, 0.2) is 30.3 Å². The number of benzene rings is 1. The lowest BCUT2D eigenvalue weighted by Gasteiger charge is -2.15. The van der Waals surface area contributed by atoms with Crippen molar-refractivity contribution >= 4 is 11.9 Å². The van der Waals surface area contributed by atoms with Crippen molar-refractivity contribution in [1.82, 2.24) is 5.32 Å².